The van der Waals surface area contributed by atoms with E-state index in [2.05, 4.69) is 30.2 Å². The van der Waals surface area contributed by atoms with E-state index in [-0.39, 0.29) is 18.1 Å². The molecule has 0 aliphatic carbocycles. The van der Waals surface area contributed by atoms with Gasteiger partial charge in [0.25, 0.3) is 5.91 Å². The van der Waals surface area contributed by atoms with E-state index in [0.717, 1.165) is 58.7 Å². The third kappa shape index (κ3) is 5.22. The van der Waals surface area contributed by atoms with Gasteiger partial charge in [0.1, 0.15) is 10.6 Å². The molecule has 1 aromatic heterocycles. The van der Waals surface area contributed by atoms with Crippen LogP contribution in [0, 0.1) is 0 Å². The van der Waals surface area contributed by atoms with E-state index in [4.69, 9.17) is 26.1 Å². The monoisotopic (exact) mass is 497 g/mol. The largest absolute Gasteiger partial charge is 0.483 e. The molecule has 2 aliphatic rings. The molecule has 8 heteroatoms. The second-order valence-electron chi connectivity index (χ2n) is 9.36. The highest BCUT2D eigenvalue weighted by atomic mass is 35.5. The summed E-state index contributed by atoms with van der Waals surface area (Å²) < 4.78 is 11.9. The van der Waals surface area contributed by atoms with Crippen molar-refractivity contribution < 1.29 is 14.3 Å². The molecule has 1 amide bonds. The maximum absolute atomic E-state index is 12.8. The summed E-state index contributed by atoms with van der Waals surface area (Å²) in [5, 5.41) is 3.89. The molecule has 0 spiro atoms. The molecule has 0 unspecified atom stereocenters. The third-order valence-corrected chi connectivity index (χ3v) is 7.27. The zero-order valence-electron chi connectivity index (χ0n) is 19.4. The zero-order chi connectivity index (χ0) is 23.7. The maximum atomic E-state index is 12.8. The van der Waals surface area contributed by atoms with Gasteiger partial charge in [-0.25, -0.2) is 4.98 Å². The molecule has 3 heterocycles. The van der Waals surface area contributed by atoms with Crippen LogP contribution < -0.4 is 9.47 Å². The van der Waals surface area contributed by atoms with E-state index < -0.39 is 0 Å². The molecular formula is C26H28ClN3O3S. The Balaban J connectivity index is 1.11. The van der Waals surface area contributed by atoms with Gasteiger partial charge >= 0.3 is 0 Å². The van der Waals surface area contributed by atoms with Crippen LogP contribution in [0.1, 0.15) is 24.4 Å². The normalized spacial score (nSPS) is 17.3. The number of piperazine rings is 1. The van der Waals surface area contributed by atoms with Crippen LogP contribution in [0.3, 0.4) is 0 Å². The number of amides is 1. The van der Waals surface area contributed by atoms with Crippen LogP contribution in [0.5, 0.6) is 11.5 Å². The number of halogens is 1. The fourth-order valence-electron chi connectivity index (χ4n) is 4.42. The van der Waals surface area contributed by atoms with Gasteiger partial charge in [-0.1, -0.05) is 35.9 Å². The van der Waals surface area contributed by atoms with E-state index in [1.165, 1.54) is 0 Å². The lowest BCUT2D eigenvalue weighted by atomic mass is 10.0. The summed E-state index contributed by atoms with van der Waals surface area (Å²) in [5.41, 5.74) is 2.93. The number of para-hydroxylation sites is 1. The van der Waals surface area contributed by atoms with Crippen LogP contribution in [0.25, 0.3) is 11.3 Å². The van der Waals surface area contributed by atoms with E-state index in [1.54, 1.807) is 11.3 Å². The molecular weight excluding hydrogens is 470 g/mol. The Hall–Kier alpha value is -2.61. The molecule has 0 atom stereocenters. The molecule has 5 rings (SSSR count). The fraction of sp³-hybridized carbons (Fsp3) is 0.385. The second-order valence-corrected chi connectivity index (χ2v) is 10.7. The van der Waals surface area contributed by atoms with Crippen molar-refractivity contribution >= 4 is 28.8 Å². The highest BCUT2D eigenvalue weighted by Gasteiger charge is 2.32. The van der Waals surface area contributed by atoms with Crippen molar-refractivity contribution in [1.29, 1.82) is 0 Å². The smallest absolute Gasteiger partial charge is 0.260 e. The van der Waals surface area contributed by atoms with Gasteiger partial charge in [-0.05, 0) is 32.0 Å². The number of benzene rings is 2. The van der Waals surface area contributed by atoms with Gasteiger partial charge in [0.2, 0.25) is 0 Å². The summed E-state index contributed by atoms with van der Waals surface area (Å²) in [7, 11) is 0. The van der Waals surface area contributed by atoms with Crippen LogP contribution in [0.2, 0.25) is 5.02 Å². The van der Waals surface area contributed by atoms with Gasteiger partial charge in [0.05, 0.1) is 12.2 Å². The number of ether oxygens (including phenoxy) is 2. The molecule has 0 saturated carbocycles. The Bertz CT molecular complexity index is 1170. The minimum atomic E-state index is -0.241. The lowest BCUT2D eigenvalue weighted by Crippen LogP contribution is -2.49. The van der Waals surface area contributed by atoms with Gasteiger partial charge in [-0.15, -0.1) is 11.3 Å². The number of fused-ring (bicyclic) bond motifs is 1. The number of thiazole rings is 1. The summed E-state index contributed by atoms with van der Waals surface area (Å²) in [6.45, 7) is 7.95. The lowest BCUT2D eigenvalue weighted by Gasteiger charge is -2.34. The highest BCUT2D eigenvalue weighted by molar-refractivity contribution is 7.09. The Kier molecular flexibility index (Phi) is 6.51. The Morgan fingerprint density at radius 3 is 2.68 bits per heavy atom. The van der Waals surface area contributed by atoms with Crippen LogP contribution in [0.15, 0.2) is 47.8 Å². The fourth-order valence-corrected chi connectivity index (χ4v) is 5.39. The zero-order valence-corrected chi connectivity index (χ0v) is 21.0. The first kappa shape index (κ1) is 23.1. The molecule has 0 radical (unpaired) electrons. The van der Waals surface area contributed by atoms with Crippen LogP contribution >= 0.6 is 22.9 Å². The number of nitrogens with zero attached hydrogens (tertiary/aromatic N) is 3. The molecule has 3 aromatic rings. The summed E-state index contributed by atoms with van der Waals surface area (Å²) in [6.07, 6.45) is 0.843. The SMILES string of the molecule is CC1(C)Cc2cccc(OCC(=O)N3CCN(Cc4nc(-c5ccc(Cl)cc5)cs4)CC3)c2O1. The van der Waals surface area contributed by atoms with Crippen molar-refractivity contribution in [2.45, 2.75) is 32.4 Å². The first-order valence-electron chi connectivity index (χ1n) is 11.5. The third-order valence-electron chi connectivity index (χ3n) is 6.18. The average Bonchev–Trinajstić information content (AvgIpc) is 3.41. The van der Waals surface area contributed by atoms with Crippen molar-refractivity contribution in [1.82, 2.24) is 14.8 Å². The molecule has 6 nitrogen and oxygen atoms in total. The topological polar surface area (TPSA) is 54.9 Å². The number of hydrogen-bond donors (Lipinski definition) is 0. The van der Waals surface area contributed by atoms with Crippen LogP contribution in [0.4, 0.5) is 0 Å². The second kappa shape index (κ2) is 9.56. The van der Waals surface area contributed by atoms with Crippen molar-refractivity contribution in [3.05, 3.63) is 63.4 Å². The summed E-state index contributed by atoms with van der Waals surface area (Å²) >= 11 is 7.65. The molecule has 0 bridgehead atoms. The maximum Gasteiger partial charge on any atom is 0.260 e. The molecule has 2 aliphatic heterocycles. The van der Waals surface area contributed by atoms with Gasteiger partial charge in [0.15, 0.2) is 18.1 Å². The number of carbonyl (C=O) groups is 1. The number of aromatic nitrogens is 1. The van der Waals surface area contributed by atoms with Crippen LogP contribution in [-0.2, 0) is 17.8 Å². The molecule has 0 N–H and O–H groups in total. The van der Waals surface area contributed by atoms with Crippen molar-refractivity contribution in [2.75, 3.05) is 32.8 Å². The molecule has 34 heavy (non-hydrogen) atoms. The number of rotatable bonds is 6. The lowest BCUT2D eigenvalue weighted by molar-refractivity contribution is -0.135. The molecule has 2 aromatic carbocycles. The predicted molar refractivity (Wildman–Crippen MR) is 135 cm³/mol. The van der Waals surface area contributed by atoms with Crippen molar-refractivity contribution in [3.8, 4) is 22.8 Å². The predicted octanol–water partition coefficient (Wildman–Crippen LogP) is 4.90. The Morgan fingerprint density at radius 2 is 1.91 bits per heavy atom. The van der Waals surface area contributed by atoms with E-state index in [0.29, 0.717) is 18.8 Å². The number of carbonyl (C=O) groups excluding carboxylic acids is 1. The first-order chi connectivity index (χ1) is 16.4. The summed E-state index contributed by atoms with van der Waals surface area (Å²) in [5.74, 6) is 1.43. The van der Waals surface area contributed by atoms with Gasteiger partial charge in [-0.3, -0.25) is 9.69 Å². The molecule has 1 saturated heterocycles. The van der Waals surface area contributed by atoms with E-state index >= 15 is 0 Å². The van der Waals surface area contributed by atoms with Crippen molar-refractivity contribution in [3.63, 3.8) is 0 Å². The average molecular weight is 498 g/mol. The molecule has 178 valence electrons. The van der Waals surface area contributed by atoms with Crippen molar-refractivity contribution in [2.24, 2.45) is 0 Å². The van der Waals surface area contributed by atoms with E-state index in [9.17, 15) is 4.79 Å². The Morgan fingerprint density at radius 1 is 1.15 bits per heavy atom. The van der Waals surface area contributed by atoms with E-state index in [1.807, 2.05) is 41.3 Å². The van der Waals surface area contributed by atoms with Gasteiger partial charge in [0, 0.05) is 54.1 Å². The van der Waals surface area contributed by atoms with Gasteiger partial charge < -0.3 is 14.4 Å². The van der Waals surface area contributed by atoms with Gasteiger partial charge in [-0.2, -0.15) is 0 Å². The minimum Gasteiger partial charge on any atom is -0.483 e. The quantitative estimate of drug-likeness (QED) is 0.485. The summed E-state index contributed by atoms with van der Waals surface area (Å²) in [4.78, 5) is 21.8. The Labute approximate surface area is 209 Å². The highest BCUT2D eigenvalue weighted by Crippen LogP contribution is 2.41. The standard InChI is InChI=1S/C26H28ClN3O3S/c1-26(2)14-19-4-3-5-22(25(19)33-26)32-16-24(31)30-12-10-29(11-13-30)15-23-28-21(17-34-23)18-6-8-20(27)9-7-18/h3-9,17H,10-16H2,1-2H3. The first-order valence-corrected chi connectivity index (χ1v) is 12.8. The van der Waals surface area contributed by atoms with Crippen LogP contribution in [-0.4, -0.2) is 59.1 Å². The number of hydrogen-bond acceptors (Lipinski definition) is 6. The minimum absolute atomic E-state index is 0.00813. The summed E-state index contributed by atoms with van der Waals surface area (Å²) in [6, 6.07) is 13.6. The molecule has 1 fully saturated rings.